The SMILES string of the molecule is NCCC(=O)N1CCOCC1.O=C([O-])Cc1ccccc1.[Cl-].[NH3+]CCC(=O)N1CCOCC1. The van der Waals surface area contributed by atoms with Gasteiger partial charge in [0, 0.05) is 51.5 Å². The van der Waals surface area contributed by atoms with Crippen LogP contribution in [0.3, 0.4) is 0 Å². The van der Waals surface area contributed by atoms with Crippen LogP contribution >= 0.6 is 0 Å². The van der Waals surface area contributed by atoms with Crippen molar-refractivity contribution in [2.75, 3.05) is 65.7 Å². The summed E-state index contributed by atoms with van der Waals surface area (Å²) in [7, 11) is 0. The number of hydrogen-bond acceptors (Lipinski definition) is 7. The highest BCUT2D eigenvalue weighted by Crippen LogP contribution is 2.00. The summed E-state index contributed by atoms with van der Waals surface area (Å²) in [6.07, 6.45) is 1.03. The van der Waals surface area contributed by atoms with Crippen LogP contribution in [-0.2, 0) is 30.3 Å². The molecule has 2 fully saturated rings. The van der Waals surface area contributed by atoms with Gasteiger partial charge in [-0.25, -0.2) is 0 Å². The molecule has 33 heavy (non-hydrogen) atoms. The summed E-state index contributed by atoms with van der Waals surface area (Å²) in [5, 5.41) is 10.1. The zero-order valence-electron chi connectivity index (χ0n) is 19.1. The third-order valence-electron chi connectivity index (χ3n) is 4.67. The molecule has 0 saturated carbocycles. The van der Waals surface area contributed by atoms with Crippen molar-refractivity contribution in [2.24, 2.45) is 5.73 Å². The summed E-state index contributed by atoms with van der Waals surface area (Å²) >= 11 is 0. The molecule has 1 aromatic rings. The number of benzene rings is 1. The molecule has 1 aromatic carbocycles. The van der Waals surface area contributed by atoms with E-state index in [4.69, 9.17) is 15.2 Å². The molecule has 2 saturated heterocycles. The highest BCUT2D eigenvalue weighted by Gasteiger charge is 2.16. The molecule has 0 aliphatic carbocycles. The molecule has 0 spiro atoms. The molecule has 10 nitrogen and oxygen atoms in total. The Kier molecular flexibility index (Phi) is 17.9. The van der Waals surface area contributed by atoms with Crippen LogP contribution in [0.15, 0.2) is 30.3 Å². The molecule has 2 aliphatic heterocycles. The van der Waals surface area contributed by atoms with E-state index in [1.54, 1.807) is 29.2 Å². The molecule has 2 amide bonds. The van der Waals surface area contributed by atoms with Gasteiger partial charge in [-0.15, -0.1) is 0 Å². The molecule has 2 aliphatic rings. The largest absolute Gasteiger partial charge is 1.00 e. The molecule has 2 heterocycles. The Labute approximate surface area is 201 Å². The fraction of sp³-hybridized carbons (Fsp3) is 0.591. The van der Waals surface area contributed by atoms with Gasteiger partial charge in [0.1, 0.15) is 0 Å². The zero-order chi connectivity index (χ0) is 23.6. The van der Waals surface area contributed by atoms with Gasteiger partial charge in [0.05, 0.1) is 39.4 Å². The Morgan fingerprint density at radius 2 is 1.33 bits per heavy atom. The van der Waals surface area contributed by atoms with E-state index in [9.17, 15) is 19.5 Å². The number of carbonyl (C=O) groups excluding carboxylic acids is 3. The Morgan fingerprint density at radius 3 is 1.73 bits per heavy atom. The predicted molar refractivity (Wildman–Crippen MR) is 116 cm³/mol. The first-order valence-electron chi connectivity index (χ1n) is 10.9. The number of nitrogens with zero attached hydrogens (tertiary/aromatic N) is 2. The van der Waals surface area contributed by atoms with Crippen LogP contribution in [0.5, 0.6) is 0 Å². The summed E-state index contributed by atoms with van der Waals surface area (Å²) < 4.78 is 10.2. The standard InChI is InChI=1S/C8H8O2.2C7H14N2O2.ClH/c9-8(10)6-7-4-2-1-3-5-7;2*8-2-1-7(10)9-3-5-11-6-4-9;/h1-5H,6H2,(H,9,10);2*1-6,8H2;1H/p-1. The predicted octanol–water partition coefficient (Wildman–Crippen LogP) is -5.35. The number of rotatable bonds is 6. The number of ether oxygens (including phenoxy) is 2. The van der Waals surface area contributed by atoms with Gasteiger partial charge in [-0.05, 0) is 5.56 Å². The topological polar surface area (TPSA) is 153 Å². The van der Waals surface area contributed by atoms with Gasteiger partial charge >= 0.3 is 0 Å². The van der Waals surface area contributed by atoms with Crippen LogP contribution in [0.25, 0.3) is 0 Å². The first-order valence-corrected chi connectivity index (χ1v) is 10.9. The number of carboxylic acids is 1. The Bertz CT molecular complexity index is 636. The highest BCUT2D eigenvalue weighted by molar-refractivity contribution is 5.76. The van der Waals surface area contributed by atoms with Crippen LogP contribution in [0, 0.1) is 0 Å². The van der Waals surface area contributed by atoms with Crippen LogP contribution in [0.1, 0.15) is 18.4 Å². The van der Waals surface area contributed by atoms with Crippen LogP contribution < -0.4 is 29.0 Å². The van der Waals surface area contributed by atoms with Crippen molar-refractivity contribution < 1.29 is 47.1 Å². The zero-order valence-corrected chi connectivity index (χ0v) is 19.8. The van der Waals surface area contributed by atoms with Crippen molar-refractivity contribution >= 4 is 17.8 Å². The van der Waals surface area contributed by atoms with E-state index < -0.39 is 5.97 Å². The van der Waals surface area contributed by atoms with Gasteiger partial charge in [-0.1, -0.05) is 30.3 Å². The van der Waals surface area contributed by atoms with Crippen molar-refractivity contribution in [3.63, 3.8) is 0 Å². The minimum absolute atomic E-state index is 0. The number of carboxylic acid groups (broad SMARTS) is 1. The average Bonchev–Trinajstić information content (AvgIpc) is 2.82. The lowest BCUT2D eigenvalue weighted by Gasteiger charge is -2.26. The number of carbonyl (C=O) groups is 3. The molecule has 3 rings (SSSR count). The Hall–Kier alpha value is -2.24. The Morgan fingerprint density at radius 1 is 0.879 bits per heavy atom. The summed E-state index contributed by atoms with van der Waals surface area (Å²) in [6.45, 7) is 6.76. The second-order valence-corrected chi connectivity index (χ2v) is 7.16. The summed E-state index contributed by atoms with van der Waals surface area (Å²) in [6, 6.07) is 8.97. The van der Waals surface area contributed by atoms with E-state index in [0.29, 0.717) is 52.4 Å². The maximum absolute atomic E-state index is 11.2. The smallest absolute Gasteiger partial charge is 0.228 e. The van der Waals surface area contributed by atoms with Crippen molar-refractivity contribution in [3.8, 4) is 0 Å². The fourth-order valence-corrected chi connectivity index (χ4v) is 2.98. The van der Waals surface area contributed by atoms with E-state index in [0.717, 1.165) is 31.7 Å². The van der Waals surface area contributed by atoms with Gasteiger partial charge in [0.2, 0.25) is 11.8 Å². The first kappa shape index (κ1) is 30.8. The van der Waals surface area contributed by atoms with Gasteiger partial charge in [0.25, 0.3) is 0 Å². The number of aliphatic carboxylic acids is 1. The molecule has 11 heteroatoms. The normalized spacial score (nSPS) is 15.1. The molecular weight excluding hydrogens is 452 g/mol. The van der Waals surface area contributed by atoms with Crippen LogP contribution in [-0.4, -0.2) is 93.3 Å². The Balaban J connectivity index is 0.000000459. The average molecular weight is 488 g/mol. The van der Waals surface area contributed by atoms with Gasteiger partial charge in [0.15, 0.2) is 0 Å². The molecule has 0 bridgehead atoms. The maximum atomic E-state index is 11.2. The third-order valence-corrected chi connectivity index (χ3v) is 4.67. The number of quaternary nitrogens is 1. The second-order valence-electron chi connectivity index (χ2n) is 7.16. The second kappa shape index (κ2) is 19.2. The van der Waals surface area contributed by atoms with Gasteiger partial charge < -0.3 is 53.0 Å². The monoisotopic (exact) mass is 487 g/mol. The van der Waals surface area contributed by atoms with Gasteiger partial charge in [-0.3, -0.25) is 9.59 Å². The number of halogens is 1. The van der Waals surface area contributed by atoms with E-state index in [2.05, 4.69) is 5.73 Å². The number of morpholine rings is 2. The van der Waals surface area contributed by atoms with E-state index >= 15 is 0 Å². The lowest BCUT2D eigenvalue weighted by atomic mass is 10.2. The maximum Gasteiger partial charge on any atom is 0.228 e. The lowest BCUT2D eigenvalue weighted by molar-refractivity contribution is -0.366. The van der Waals surface area contributed by atoms with Crippen molar-refractivity contribution in [2.45, 2.75) is 19.3 Å². The minimum Gasteiger partial charge on any atom is -1.00 e. The quantitative estimate of drug-likeness (QED) is 0.406. The summed E-state index contributed by atoms with van der Waals surface area (Å²) in [5.41, 5.74) is 9.68. The van der Waals surface area contributed by atoms with Gasteiger partial charge in [-0.2, -0.15) is 0 Å². The molecule has 0 radical (unpaired) electrons. The summed E-state index contributed by atoms with van der Waals surface area (Å²) in [4.78, 5) is 36.1. The van der Waals surface area contributed by atoms with Crippen LogP contribution in [0.4, 0.5) is 0 Å². The first-order chi connectivity index (χ1) is 15.5. The van der Waals surface area contributed by atoms with E-state index in [1.165, 1.54) is 0 Å². The fourth-order valence-electron chi connectivity index (χ4n) is 2.98. The molecule has 0 unspecified atom stereocenters. The third kappa shape index (κ3) is 14.5. The number of hydrogen-bond donors (Lipinski definition) is 2. The molecular formula is C22H36ClN4O6-. The van der Waals surface area contributed by atoms with Crippen molar-refractivity contribution in [1.82, 2.24) is 9.80 Å². The van der Waals surface area contributed by atoms with E-state index in [1.807, 2.05) is 11.0 Å². The number of nitrogens with two attached hydrogens (primary N) is 1. The molecule has 0 aromatic heterocycles. The number of amides is 2. The van der Waals surface area contributed by atoms with Crippen LogP contribution in [0.2, 0.25) is 0 Å². The van der Waals surface area contributed by atoms with E-state index in [-0.39, 0.29) is 30.6 Å². The summed E-state index contributed by atoms with van der Waals surface area (Å²) in [5.74, 6) is -0.676. The molecule has 5 N–H and O–H groups in total. The highest BCUT2D eigenvalue weighted by atomic mass is 35.5. The van der Waals surface area contributed by atoms with Crippen molar-refractivity contribution in [3.05, 3.63) is 35.9 Å². The van der Waals surface area contributed by atoms with Crippen molar-refractivity contribution in [1.29, 1.82) is 0 Å². The molecule has 0 atom stereocenters. The molecule has 188 valence electrons. The minimum atomic E-state index is -1.04. The lowest BCUT2D eigenvalue weighted by Crippen LogP contribution is -3.00.